The molecule has 110 valence electrons. The molecule has 1 rings (SSSR count). The van der Waals surface area contributed by atoms with E-state index in [1.54, 1.807) is 0 Å². The van der Waals surface area contributed by atoms with Gasteiger partial charge in [0.1, 0.15) is 0 Å². The van der Waals surface area contributed by atoms with Gasteiger partial charge in [-0.05, 0) is 17.0 Å². The molecule has 0 saturated heterocycles. The van der Waals surface area contributed by atoms with Crippen LogP contribution in [0.3, 0.4) is 0 Å². The van der Waals surface area contributed by atoms with Crippen LogP contribution in [0.25, 0.3) is 0 Å². The summed E-state index contributed by atoms with van der Waals surface area (Å²) in [6.45, 7) is 4.98. The Hall–Kier alpha value is -1.88. The maximum atomic E-state index is 12.2. The molecule has 0 aliphatic heterocycles. The van der Waals surface area contributed by atoms with E-state index in [2.05, 4.69) is 0 Å². The van der Waals surface area contributed by atoms with E-state index in [0.717, 1.165) is 11.1 Å². The molecular formula is C15H23N3O2. The van der Waals surface area contributed by atoms with Crippen molar-refractivity contribution in [3.8, 4) is 0 Å². The Kier molecular flexibility index (Phi) is 6.18. The van der Waals surface area contributed by atoms with E-state index in [9.17, 15) is 9.59 Å². The summed E-state index contributed by atoms with van der Waals surface area (Å²) in [5.74, 6) is -0.284. The van der Waals surface area contributed by atoms with Crippen molar-refractivity contribution in [1.82, 2.24) is 4.90 Å². The van der Waals surface area contributed by atoms with Gasteiger partial charge in [-0.2, -0.15) is 0 Å². The number of hydrogen-bond acceptors (Lipinski definition) is 3. The summed E-state index contributed by atoms with van der Waals surface area (Å²) in [4.78, 5) is 24.8. The molecule has 0 fully saturated rings. The molecule has 0 spiro atoms. The lowest BCUT2D eigenvalue weighted by Gasteiger charge is -2.23. The number of carbonyl (C=O) groups excluding carboxylic acids is 2. The minimum atomic E-state index is -0.488. The first-order valence-corrected chi connectivity index (χ1v) is 6.76. The molecule has 2 amide bonds. The Bertz CT molecular complexity index is 455. The molecule has 5 heteroatoms. The van der Waals surface area contributed by atoms with Crippen LogP contribution in [-0.4, -0.2) is 29.8 Å². The van der Waals surface area contributed by atoms with Crippen LogP contribution in [-0.2, 0) is 22.6 Å². The number of rotatable bonds is 7. The van der Waals surface area contributed by atoms with Gasteiger partial charge in [0.15, 0.2) is 0 Å². The fourth-order valence-electron chi connectivity index (χ4n) is 1.96. The number of primary amides is 1. The molecule has 0 unspecified atom stereocenters. The third-order valence-corrected chi connectivity index (χ3v) is 2.90. The SMILES string of the molecule is CC(C)CN(CC(N)=O)C(=O)Cc1ccc(CN)cc1. The lowest BCUT2D eigenvalue weighted by atomic mass is 10.1. The van der Waals surface area contributed by atoms with Crippen LogP contribution in [0.4, 0.5) is 0 Å². The summed E-state index contributed by atoms with van der Waals surface area (Å²) < 4.78 is 0. The largest absolute Gasteiger partial charge is 0.368 e. The molecule has 4 N–H and O–H groups in total. The Morgan fingerprint density at radius 1 is 1.15 bits per heavy atom. The fraction of sp³-hybridized carbons (Fsp3) is 0.467. The molecule has 0 aliphatic carbocycles. The van der Waals surface area contributed by atoms with E-state index >= 15 is 0 Å². The standard InChI is InChI=1S/C15H23N3O2/c1-11(2)9-18(10-14(17)19)15(20)7-12-3-5-13(8-16)6-4-12/h3-6,11H,7-10,16H2,1-2H3,(H2,17,19). The second kappa shape index (κ2) is 7.65. The Morgan fingerprint density at radius 2 is 1.70 bits per heavy atom. The van der Waals surface area contributed by atoms with E-state index in [1.165, 1.54) is 4.90 Å². The third-order valence-electron chi connectivity index (χ3n) is 2.90. The predicted octanol–water partition coefficient (Wildman–Crippen LogP) is 0.658. The number of amides is 2. The molecule has 5 nitrogen and oxygen atoms in total. The molecule has 0 saturated carbocycles. The lowest BCUT2D eigenvalue weighted by Crippen LogP contribution is -2.41. The predicted molar refractivity (Wildman–Crippen MR) is 78.6 cm³/mol. The summed E-state index contributed by atoms with van der Waals surface area (Å²) >= 11 is 0. The first-order chi connectivity index (χ1) is 9.42. The molecule has 0 aliphatic rings. The normalized spacial score (nSPS) is 10.6. The second-order valence-electron chi connectivity index (χ2n) is 5.33. The van der Waals surface area contributed by atoms with Crippen LogP contribution in [0.2, 0.25) is 0 Å². The van der Waals surface area contributed by atoms with Crippen molar-refractivity contribution in [2.45, 2.75) is 26.8 Å². The van der Waals surface area contributed by atoms with Crippen LogP contribution >= 0.6 is 0 Å². The minimum absolute atomic E-state index is 0.0299. The van der Waals surface area contributed by atoms with Gasteiger partial charge in [0.05, 0.1) is 13.0 Å². The first kappa shape index (κ1) is 16.2. The number of nitrogens with two attached hydrogens (primary N) is 2. The van der Waals surface area contributed by atoms with Gasteiger partial charge in [-0.3, -0.25) is 9.59 Å². The van der Waals surface area contributed by atoms with Crippen molar-refractivity contribution in [2.24, 2.45) is 17.4 Å². The Balaban J connectivity index is 2.70. The van der Waals surface area contributed by atoms with Crippen molar-refractivity contribution < 1.29 is 9.59 Å². The molecule has 0 aromatic heterocycles. The molecule has 0 radical (unpaired) electrons. The van der Waals surface area contributed by atoms with Crippen LogP contribution < -0.4 is 11.5 Å². The zero-order valence-electron chi connectivity index (χ0n) is 12.1. The van der Waals surface area contributed by atoms with E-state index in [-0.39, 0.29) is 24.8 Å². The van der Waals surface area contributed by atoms with E-state index < -0.39 is 5.91 Å². The molecule has 20 heavy (non-hydrogen) atoms. The highest BCUT2D eigenvalue weighted by atomic mass is 16.2. The van der Waals surface area contributed by atoms with Crippen molar-refractivity contribution in [2.75, 3.05) is 13.1 Å². The van der Waals surface area contributed by atoms with Crippen LogP contribution in [0.1, 0.15) is 25.0 Å². The molecule has 0 bridgehead atoms. The van der Waals surface area contributed by atoms with E-state index in [0.29, 0.717) is 13.1 Å². The summed E-state index contributed by atoms with van der Waals surface area (Å²) in [7, 11) is 0. The lowest BCUT2D eigenvalue weighted by molar-refractivity contribution is -0.135. The maximum Gasteiger partial charge on any atom is 0.237 e. The van der Waals surface area contributed by atoms with Gasteiger partial charge in [-0.1, -0.05) is 38.1 Å². The highest BCUT2D eigenvalue weighted by Gasteiger charge is 2.17. The monoisotopic (exact) mass is 277 g/mol. The van der Waals surface area contributed by atoms with Crippen molar-refractivity contribution in [3.05, 3.63) is 35.4 Å². The van der Waals surface area contributed by atoms with Crippen LogP contribution in [0.5, 0.6) is 0 Å². The second-order valence-corrected chi connectivity index (χ2v) is 5.33. The highest BCUT2D eigenvalue weighted by Crippen LogP contribution is 2.08. The molecule has 0 heterocycles. The van der Waals surface area contributed by atoms with Gasteiger partial charge < -0.3 is 16.4 Å². The van der Waals surface area contributed by atoms with Crippen LogP contribution in [0, 0.1) is 5.92 Å². The Labute approximate surface area is 119 Å². The smallest absolute Gasteiger partial charge is 0.237 e. The number of nitrogens with zero attached hydrogens (tertiary/aromatic N) is 1. The summed E-state index contributed by atoms with van der Waals surface area (Å²) in [6, 6.07) is 7.59. The van der Waals surface area contributed by atoms with Gasteiger partial charge in [0.25, 0.3) is 0 Å². The fourth-order valence-corrected chi connectivity index (χ4v) is 1.96. The van der Waals surface area contributed by atoms with Crippen molar-refractivity contribution in [1.29, 1.82) is 0 Å². The minimum Gasteiger partial charge on any atom is -0.368 e. The average molecular weight is 277 g/mol. The van der Waals surface area contributed by atoms with Crippen LogP contribution in [0.15, 0.2) is 24.3 Å². The summed E-state index contributed by atoms with van der Waals surface area (Å²) in [6.07, 6.45) is 0.269. The highest BCUT2D eigenvalue weighted by molar-refractivity contribution is 5.85. The third kappa shape index (κ3) is 5.40. The Morgan fingerprint density at radius 3 is 2.15 bits per heavy atom. The maximum absolute atomic E-state index is 12.2. The van der Waals surface area contributed by atoms with Gasteiger partial charge in [0, 0.05) is 13.1 Å². The number of benzene rings is 1. The van der Waals surface area contributed by atoms with E-state index in [4.69, 9.17) is 11.5 Å². The van der Waals surface area contributed by atoms with Gasteiger partial charge in [-0.25, -0.2) is 0 Å². The average Bonchev–Trinajstić information content (AvgIpc) is 2.37. The zero-order chi connectivity index (χ0) is 15.1. The number of hydrogen-bond donors (Lipinski definition) is 2. The molecular weight excluding hydrogens is 254 g/mol. The van der Waals surface area contributed by atoms with E-state index in [1.807, 2.05) is 38.1 Å². The molecule has 0 atom stereocenters. The summed E-state index contributed by atoms with van der Waals surface area (Å²) in [5, 5.41) is 0. The number of carbonyl (C=O) groups is 2. The first-order valence-electron chi connectivity index (χ1n) is 6.76. The van der Waals surface area contributed by atoms with Crippen molar-refractivity contribution >= 4 is 11.8 Å². The molecule has 1 aromatic carbocycles. The quantitative estimate of drug-likeness (QED) is 0.767. The summed E-state index contributed by atoms with van der Waals surface area (Å²) in [5.41, 5.74) is 12.7. The zero-order valence-corrected chi connectivity index (χ0v) is 12.1. The van der Waals surface area contributed by atoms with Gasteiger partial charge in [-0.15, -0.1) is 0 Å². The topological polar surface area (TPSA) is 89.4 Å². The van der Waals surface area contributed by atoms with Crippen molar-refractivity contribution in [3.63, 3.8) is 0 Å². The molecule has 1 aromatic rings. The van der Waals surface area contributed by atoms with Gasteiger partial charge >= 0.3 is 0 Å². The van der Waals surface area contributed by atoms with Gasteiger partial charge in [0.2, 0.25) is 11.8 Å².